The number of hydrogen-bond donors (Lipinski definition) is 4. The second-order valence-corrected chi connectivity index (χ2v) is 13.8. The minimum absolute atomic E-state index is 0. The van der Waals surface area contributed by atoms with E-state index in [1.807, 2.05) is 0 Å². The Morgan fingerprint density at radius 3 is 1.49 bits per heavy atom. The van der Waals surface area contributed by atoms with Gasteiger partial charge < -0.3 is 30.5 Å². The highest BCUT2D eigenvalue weighted by molar-refractivity contribution is 5.89. The number of halogens is 1. The number of rotatable bonds is 33. The van der Waals surface area contributed by atoms with Crippen LogP contribution in [0.25, 0.3) is 0 Å². The van der Waals surface area contributed by atoms with Gasteiger partial charge in [0.1, 0.15) is 5.54 Å². The summed E-state index contributed by atoms with van der Waals surface area (Å²) in [6, 6.07) is 0. The second kappa shape index (κ2) is 33.4. The van der Waals surface area contributed by atoms with E-state index in [-0.39, 0.29) is 24.4 Å². The van der Waals surface area contributed by atoms with Gasteiger partial charge in [-0.3, -0.25) is 4.79 Å². The molecule has 1 saturated heterocycles. The molecule has 0 spiro atoms. The summed E-state index contributed by atoms with van der Waals surface area (Å²) in [5, 5.41) is 18.1. The van der Waals surface area contributed by atoms with Gasteiger partial charge in [0, 0.05) is 19.8 Å². The van der Waals surface area contributed by atoms with E-state index in [1.165, 1.54) is 135 Å². The largest absolute Gasteiger partial charge is 0.465 e. The van der Waals surface area contributed by atoms with Gasteiger partial charge in [-0.2, -0.15) is 0 Å². The van der Waals surface area contributed by atoms with Gasteiger partial charge in [0.25, 0.3) is 0 Å². The van der Waals surface area contributed by atoms with Gasteiger partial charge in [0.15, 0.2) is 0 Å². The molecule has 9 heteroatoms. The predicted molar refractivity (Wildman–Crippen MR) is 199 cm³/mol. The van der Waals surface area contributed by atoms with Crippen LogP contribution in [-0.2, 0) is 14.3 Å². The Balaban J connectivity index is 0.0000212. The number of nitrogens with one attached hydrogen (secondary N) is 3. The van der Waals surface area contributed by atoms with Crippen molar-refractivity contribution in [1.29, 1.82) is 0 Å². The number of amides is 2. The minimum Gasteiger partial charge on any atom is -0.465 e. The minimum atomic E-state index is -1.16. The van der Waals surface area contributed by atoms with Gasteiger partial charge in [-0.25, -0.2) is 4.79 Å². The van der Waals surface area contributed by atoms with Gasteiger partial charge in [0.05, 0.1) is 12.7 Å². The van der Waals surface area contributed by atoms with E-state index in [4.69, 9.17) is 9.47 Å². The molecule has 8 nitrogen and oxygen atoms in total. The van der Waals surface area contributed by atoms with Crippen LogP contribution in [0, 0.1) is 0 Å². The van der Waals surface area contributed by atoms with Crippen LogP contribution in [0.1, 0.15) is 181 Å². The third-order valence-corrected chi connectivity index (χ3v) is 9.53. The van der Waals surface area contributed by atoms with Gasteiger partial charge in [-0.05, 0) is 38.8 Å². The highest BCUT2D eigenvalue weighted by atomic mass is 35.5. The molecule has 0 aromatic rings. The highest BCUT2D eigenvalue weighted by Gasteiger charge is 2.41. The van der Waals surface area contributed by atoms with E-state index in [0.717, 1.165) is 19.3 Å². The smallest absolute Gasteiger partial charge is 0.405 e. The highest BCUT2D eigenvalue weighted by Crippen LogP contribution is 2.19. The molecular weight excluding hydrogens is 614 g/mol. The fraction of sp³-hybridized carbons (Fsp3) is 0.947. The first-order chi connectivity index (χ1) is 22.5. The molecule has 1 rings (SSSR count). The molecule has 0 saturated carbocycles. The van der Waals surface area contributed by atoms with Crippen LogP contribution in [0.3, 0.4) is 0 Å². The molecule has 1 atom stereocenters. The van der Waals surface area contributed by atoms with Crippen LogP contribution < -0.4 is 16.0 Å². The first-order valence-electron chi connectivity index (χ1n) is 19.7. The van der Waals surface area contributed by atoms with Crippen molar-refractivity contribution < 1.29 is 24.2 Å². The average Bonchev–Trinajstić information content (AvgIpc) is 3.05. The Morgan fingerprint density at radius 2 is 1.06 bits per heavy atom. The molecule has 1 unspecified atom stereocenters. The summed E-state index contributed by atoms with van der Waals surface area (Å²) in [4.78, 5) is 24.7. The number of hydrogen-bond acceptors (Lipinski definition) is 5. The summed E-state index contributed by atoms with van der Waals surface area (Å²) >= 11 is 0. The first kappa shape index (κ1) is 45.9. The maximum atomic E-state index is 13.2. The molecule has 1 heterocycles. The zero-order valence-electron chi connectivity index (χ0n) is 30.7. The zero-order chi connectivity index (χ0) is 33.4. The maximum absolute atomic E-state index is 13.2. The zero-order valence-corrected chi connectivity index (χ0v) is 31.5. The normalized spacial score (nSPS) is 14.8. The summed E-state index contributed by atoms with van der Waals surface area (Å²) in [6.45, 7) is 7.88. The Morgan fingerprint density at radius 1 is 0.660 bits per heavy atom. The van der Waals surface area contributed by atoms with E-state index in [9.17, 15) is 14.7 Å². The Kier molecular flexibility index (Phi) is 32.6. The third-order valence-electron chi connectivity index (χ3n) is 9.53. The molecule has 1 aliphatic heterocycles. The average molecular weight is 690 g/mol. The number of ether oxygens (including phenoxy) is 2. The predicted octanol–water partition coefficient (Wildman–Crippen LogP) is 9.72. The van der Waals surface area contributed by atoms with Crippen LogP contribution in [0.5, 0.6) is 0 Å². The Hall–Kier alpha value is -1.09. The third kappa shape index (κ3) is 26.5. The number of unbranched alkanes of at least 4 members (excludes halogenated alkanes) is 22. The monoisotopic (exact) mass is 690 g/mol. The van der Waals surface area contributed by atoms with E-state index in [0.29, 0.717) is 52.3 Å². The van der Waals surface area contributed by atoms with Gasteiger partial charge in [0.2, 0.25) is 5.91 Å². The Labute approximate surface area is 295 Å². The summed E-state index contributed by atoms with van der Waals surface area (Å²) < 4.78 is 12.2. The van der Waals surface area contributed by atoms with Crippen molar-refractivity contribution in [3.8, 4) is 0 Å². The summed E-state index contributed by atoms with van der Waals surface area (Å²) in [7, 11) is 0. The van der Waals surface area contributed by atoms with Gasteiger partial charge in [-0.1, -0.05) is 155 Å². The van der Waals surface area contributed by atoms with Crippen molar-refractivity contribution in [2.75, 3.05) is 39.5 Å². The van der Waals surface area contributed by atoms with Crippen LogP contribution in [0.4, 0.5) is 4.79 Å². The fourth-order valence-electron chi connectivity index (χ4n) is 6.46. The summed E-state index contributed by atoms with van der Waals surface area (Å²) in [6.07, 6.45) is 30.9. The lowest BCUT2D eigenvalue weighted by Crippen LogP contribution is -2.63. The van der Waals surface area contributed by atoms with Crippen LogP contribution in [0.2, 0.25) is 0 Å². The summed E-state index contributed by atoms with van der Waals surface area (Å²) in [5.41, 5.74) is -1.09. The van der Waals surface area contributed by atoms with Gasteiger partial charge >= 0.3 is 6.09 Å². The van der Waals surface area contributed by atoms with E-state index >= 15 is 0 Å². The molecule has 4 N–H and O–H groups in total. The second-order valence-electron chi connectivity index (χ2n) is 13.8. The number of piperidine rings is 1. The molecule has 0 aliphatic carbocycles. The van der Waals surface area contributed by atoms with E-state index in [2.05, 4.69) is 29.8 Å². The SMILES string of the molecule is CCCCCCCCCCCCCCOCC(CNC(=O)C1(NC(=O)O)CCNCC1)OCCCCCCCCCCCCCC.Cl. The standard InChI is InChI=1S/C38H75N3O5.ClH/c1-3-5-7-9-11-13-15-17-19-21-23-25-31-45-34-35(33-40-36(42)38(41-37(43)44)27-29-39-30-28-38)46-32-26-24-22-20-18-16-14-12-10-8-6-4-2;/h35,39,41H,3-34H2,1-2H3,(H,40,42)(H,43,44);1H. The van der Waals surface area contributed by atoms with Crippen molar-refractivity contribution >= 4 is 24.4 Å². The van der Waals surface area contributed by atoms with Crippen molar-refractivity contribution in [3.63, 3.8) is 0 Å². The van der Waals surface area contributed by atoms with Crippen LogP contribution >= 0.6 is 12.4 Å². The molecule has 47 heavy (non-hydrogen) atoms. The molecule has 0 aromatic heterocycles. The van der Waals surface area contributed by atoms with Crippen LogP contribution in [0.15, 0.2) is 0 Å². The van der Waals surface area contributed by atoms with Crippen molar-refractivity contribution in [1.82, 2.24) is 16.0 Å². The first-order valence-corrected chi connectivity index (χ1v) is 19.7. The molecule has 0 radical (unpaired) electrons. The van der Waals surface area contributed by atoms with Crippen molar-refractivity contribution in [2.45, 2.75) is 192 Å². The van der Waals surface area contributed by atoms with Crippen molar-refractivity contribution in [2.24, 2.45) is 0 Å². The number of carbonyl (C=O) groups is 2. The molecule has 0 aromatic carbocycles. The lowest BCUT2D eigenvalue weighted by Gasteiger charge is -2.36. The molecular formula is C38H76ClN3O5. The molecule has 1 aliphatic rings. The van der Waals surface area contributed by atoms with Gasteiger partial charge in [-0.15, -0.1) is 12.4 Å². The molecule has 0 bridgehead atoms. The number of carbonyl (C=O) groups excluding carboxylic acids is 1. The molecule has 280 valence electrons. The maximum Gasteiger partial charge on any atom is 0.405 e. The van der Waals surface area contributed by atoms with E-state index < -0.39 is 11.6 Å². The van der Waals surface area contributed by atoms with Crippen LogP contribution in [-0.4, -0.2) is 68.2 Å². The lowest BCUT2D eigenvalue weighted by molar-refractivity contribution is -0.129. The molecule has 2 amide bonds. The summed E-state index contributed by atoms with van der Waals surface area (Å²) in [5.74, 6) is -0.267. The molecule has 1 fully saturated rings. The quantitative estimate of drug-likeness (QED) is 0.0511. The topological polar surface area (TPSA) is 109 Å². The number of carboxylic acid groups (broad SMARTS) is 1. The fourth-order valence-corrected chi connectivity index (χ4v) is 6.46. The lowest BCUT2D eigenvalue weighted by atomic mass is 9.87. The Bertz CT molecular complexity index is 709. The van der Waals surface area contributed by atoms with E-state index in [1.54, 1.807) is 0 Å². The van der Waals surface area contributed by atoms with Crippen molar-refractivity contribution in [3.05, 3.63) is 0 Å².